The lowest BCUT2D eigenvalue weighted by Gasteiger charge is -2.18. The van der Waals surface area contributed by atoms with Gasteiger partial charge in [-0.25, -0.2) is 17.6 Å². The van der Waals surface area contributed by atoms with Crippen LogP contribution in [0.3, 0.4) is 0 Å². The van der Waals surface area contributed by atoms with Crippen molar-refractivity contribution in [3.8, 4) is 28.0 Å². The van der Waals surface area contributed by atoms with E-state index in [4.69, 9.17) is 0 Å². The summed E-state index contributed by atoms with van der Waals surface area (Å²) >= 11 is 0. The molecule has 0 aliphatic heterocycles. The maximum Gasteiger partial charge on any atom is 0.225 e. The van der Waals surface area contributed by atoms with Gasteiger partial charge in [0.15, 0.2) is 23.3 Å². The Labute approximate surface area is 190 Å². The van der Waals surface area contributed by atoms with Gasteiger partial charge in [0.25, 0.3) is 0 Å². The Morgan fingerprint density at radius 3 is 1.85 bits per heavy atom. The summed E-state index contributed by atoms with van der Waals surface area (Å²) in [5, 5.41) is 12.7. The molecule has 0 bridgehead atoms. The van der Waals surface area contributed by atoms with Crippen molar-refractivity contribution < 1.29 is 27.1 Å². The zero-order chi connectivity index (χ0) is 24.1. The maximum atomic E-state index is 14.7. The molecule has 3 aromatic carbocycles. The van der Waals surface area contributed by atoms with Gasteiger partial charge in [0.05, 0.1) is 0 Å². The van der Waals surface area contributed by atoms with Gasteiger partial charge in [-0.3, -0.25) is 5.11 Å². The van der Waals surface area contributed by atoms with Crippen LogP contribution >= 0.6 is 0 Å². The average Bonchev–Trinajstić information content (AvgIpc) is 2.81. The summed E-state index contributed by atoms with van der Waals surface area (Å²) in [6.45, 7) is 3.74. The lowest BCUT2D eigenvalue weighted by Crippen LogP contribution is -2.02. The molecule has 0 aliphatic rings. The summed E-state index contributed by atoms with van der Waals surface area (Å²) in [6.07, 6.45) is 6.56. The Balaban J connectivity index is 2.09. The standard InChI is InChI=1S/C27H26F5O/c1-3-5-6-7-8-9-16-10-12-17(13-11-16)22-19(4-2)24(30)26(32)27(33)23(22)18-14-20(28)25(31)21(29)15-18/h10-15H,3-9H2,1-2H3. The van der Waals surface area contributed by atoms with Crippen molar-refractivity contribution in [2.75, 3.05) is 0 Å². The molecule has 0 atom stereocenters. The zero-order valence-electron chi connectivity index (χ0n) is 18.7. The molecule has 6 heteroatoms. The van der Waals surface area contributed by atoms with Crippen molar-refractivity contribution in [3.63, 3.8) is 0 Å². The van der Waals surface area contributed by atoms with Gasteiger partial charge in [0, 0.05) is 5.56 Å². The Kier molecular flexibility index (Phi) is 8.11. The van der Waals surface area contributed by atoms with Crippen molar-refractivity contribution in [2.45, 2.75) is 58.8 Å². The third-order valence-corrected chi connectivity index (χ3v) is 5.87. The third kappa shape index (κ3) is 5.21. The second kappa shape index (κ2) is 10.8. The number of hydrogen-bond donors (Lipinski definition) is 0. The van der Waals surface area contributed by atoms with Gasteiger partial charge in [0.2, 0.25) is 11.6 Å². The van der Waals surface area contributed by atoms with Gasteiger partial charge in [-0.15, -0.1) is 0 Å². The molecule has 1 radical (unpaired) electrons. The highest BCUT2D eigenvalue weighted by molar-refractivity contribution is 5.90. The van der Waals surface area contributed by atoms with Crippen LogP contribution in [0, 0.1) is 29.1 Å². The average molecular weight is 461 g/mol. The van der Waals surface area contributed by atoms with Crippen molar-refractivity contribution >= 4 is 0 Å². The molecule has 33 heavy (non-hydrogen) atoms. The Morgan fingerprint density at radius 1 is 0.667 bits per heavy atom. The predicted octanol–water partition coefficient (Wildman–Crippen LogP) is 8.94. The molecule has 0 saturated carbocycles. The lowest BCUT2D eigenvalue weighted by atomic mass is 9.87. The minimum Gasteiger partial charge on any atom is -0.286 e. The van der Waals surface area contributed by atoms with Crippen LogP contribution in [0.4, 0.5) is 22.0 Å². The number of aryl methyl sites for hydroxylation is 1. The summed E-state index contributed by atoms with van der Waals surface area (Å²) in [5.74, 6) is -8.98. The first kappa shape index (κ1) is 24.7. The fourth-order valence-corrected chi connectivity index (χ4v) is 4.11. The van der Waals surface area contributed by atoms with Gasteiger partial charge >= 0.3 is 0 Å². The number of unbranched alkanes of at least 4 members (excludes halogenated alkanes) is 4. The summed E-state index contributed by atoms with van der Waals surface area (Å²) in [6, 6.07) is 8.31. The van der Waals surface area contributed by atoms with Crippen LogP contribution in [0.5, 0.6) is 5.75 Å². The van der Waals surface area contributed by atoms with Gasteiger partial charge in [-0.05, 0) is 59.2 Å². The van der Waals surface area contributed by atoms with Crippen LogP contribution in [0.1, 0.15) is 57.1 Å². The highest BCUT2D eigenvalue weighted by atomic mass is 19.2. The van der Waals surface area contributed by atoms with Gasteiger partial charge in [-0.1, -0.05) is 63.8 Å². The first-order valence-electron chi connectivity index (χ1n) is 11.2. The Morgan fingerprint density at radius 2 is 1.27 bits per heavy atom. The third-order valence-electron chi connectivity index (χ3n) is 5.87. The maximum absolute atomic E-state index is 14.7. The second-order valence-corrected chi connectivity index (χ2v) is 8.15. The molecule has 1 nitrogen and oxygen atoms in total. The van der Waals surface area contributed by atoms with Crippen LogP contribution in [-0.2, 0) is 17.9 Å². The molecule has 0 unspecified atom stereocenters. The molecule has 3 aromatic rings. The van der Waals surface area contributed by atoms with E-state index >= 15 is 0 Å². The smallest absolute Gasteiger partial charge is 0.225 e. The van der Waals surface area contributed by atoms with E-state index in [2.05, 4.69) is 6.92 Å². The number of rotatable bonds is 9. The Hall–Kier alpha value is -2.89. The molecule has 0 saturated heterocycles. The second-order valence-electron chi connectivity index (χ2n) is 8.15. The summed E-state index contributed by atoms with van der Waals surface area (Å²) < 4.78 is 70.5. The van der Waals surface area contributed by atoms with E-state index in [0.717, 1.165) is 31.2 Å². The SMILES string of the molecule is CCCCCCCc1ccc(-c2c(CC)c(F)c(F)c([O])c2-c2cc(F)c(F)c(F)c2)cc1. The minimum absolute atomic E-state index is 0.0384. The number of benzene rings is 3. The Bertz CT molecular complexity index is 1100. The van der Waals surface area contributed by atoms with Crippen LogP contribution in [0.25, 0.3) is 22.3 Å². The molecule has 0 heterocycles. The quantitative estimate of drug-likeness (QED) is 0.172. The minimum atomic E-state index is -1.70. The van der Waals surface area contributed by atoms with Crippen LogP contribution < -0.4 is 0 Å². The molecule has 0 N–H and O–H groups in total. The van der Waals surface area contributed by atoms with Crippen LogP contribution in [0.2, 0.25) is 0 Å². The van der Waals surface area contributed by atoms with E-state index in [-0.39, 0.29) is 23.1 Å². The van der Waals surface area contributed by atoms with E-state index in [1.165, 1.54) is 12.8 Å². The highest BCUT2D eigenvalue weighted by Crippen LogP contribution is 2.45. The van der Waals surface area contributed by atoms with E-state index in [1.54, 1.807) is 19.1 Å². The van der Waals surface area contributed by atoms with Crippen molar-refractivity contribution in [1.82, 2.24) is 0 Å². The van der Waals surface area contributed by atoms with E-state index in [9.17, 15) is 27.1 Å². The first-order chi connectivity index (χ1) is 15.8. The number of hydrogen-bond acceptors (Lipinski definition) is 0. The summed E-state index contributed by atoms with van der Waals surface area (Å²) in [5.41, 5.74) is 0.702. The predicted molar refractivity (Wildman–Crippen MR) is 119 cm³/mol. The molecule has 0 fully saturated rings. The molecular weight excluding hydrogens is 435 g/mol. The van der Waals surface area contributed by atoms with E-state index in [0.29, 0.717) is 17.7 Å². The molecule has 0 amide bonds. The normalized spacial score (nSPS) is 11.2. The van der Waals surface area contributed by atoms with Crippen molar-refractivity contribution in [2.24, 2.45) is 0 Å². The van der Waals surface area contributed by atoms with Crippen molar-refractivity contribution in [3.05, 3.63) is 76.6 Å². The molecule has 175 valence electrons. The lowest BCUT2D eigenvalue weighted by molar-refractivity contribution is 0.321. The van der Waals surface area contributed by atoms with Crippen molar-refractivity contribution in [1.29, 1.82) is 0 Å². The van der Waals surface area contributed by atoms with E-state index in [1.807, 2.05) is 12.1 Å². The monoisotopic (exact) mass is 461 g/mol. The molecule has 0 aliphatic carbocycles. The largest absolute Gasteiger partial charge is 0.286 e. The topological polar surface area (TPSA) is 19.9 Å². The molecular formula is C27H26F5O. The molecule has 0 spiro atoms. The first-order valence-corrected chi connectivity index (χ1v) is 11.2. The highest BCUT2D eigenvalue weighted by Gasteiger charge is 2.28. The van der Waals surface area contributed by atoms with Crippen LogP contribution in [0.15, 0.2) is 36.4 Å². The molecule has 3 rings (SSSR count). The fourth-order valence-electron chi connectivity index (χ4n) is 4.11. The van der Waals surface area contributed by atoms with Gasteiger partial charge < -0.3 is 0 Å². The molecule has 0 aromatic heterocycles. The fraction of sp³-hybridized carbons (Fsp3) is 0.333. The van der Waals surface area contributed by atoms with Crippen LogP contribution in [-0.4, -0.2) is 0 Å². The summed E-state index contributed by atoms with van der Waals surface area (Å²) in [7, 11) is 0. The van der Waals surface area contributed by atoms with Gasteiger partial charge in [-0.2, -0.15) is 4.39 Å². The van der Waals surface area contributed by atoms with Gasteiger partial charge in [0.1, 0.15) is 0 Å². The van der Waals surface area contributed by atoms with E-state index < -0.39 is 40.4 Å². The summed E-state index contributed by atoms with van der Waals surface area (Å²) in [4.78, 5) is 0. The number of halogens is 5. The zero-order valence-corrected chi connectivity index (χ0v) is 18.7.